The number of aromatic nitrogens is 2. The molecule has 4 rings (SSSR count). The molecular weight excluding hydrogens is 353 g/mol. The van der Waals surface area contributed by atoms with E-state index in [0.29, 0.717) is 23.4 Å². The van der Waals surface area contributed by atoms with Crippen LogP contribution in [0, 0.1) is 12.7 Å². The highest BCUT2D eigenvalue weighted by molar-refractivity contribution is 5.92. The fourth-order valence-electron chi connectivity index (χ4n) is 3.15. The van der Waals surface area contributed by atoms with Gasteiger partial charge in [0.25, 0.3) is 5.91 Å². The second kappa shape index (κ2) is 7.64. The van der Waals surface area contributed by atoms with Gasteiger partial charge in [-0.1, -0.05) is 36.4 Å². The molecular formula is C23H20FN3O. The Bertz CT molecular complexity index is 1140. The normalized spacial score (nSPS) is 10.9. The molecule has 0 fully saturated rings. The van der Waals surface area contributed by atoms with Crippen LogP contribution >= 0.6 is 0 Å². The van der Waals surface area contributed by atoms with Crippen LogP contribution in [0.15, 0.2) is 73.1 Å². The number of hydrogen-bond donors (Lipinski definition) is 1. The summed E-state index contributed by atoms with van der Waals surface area (Å²) in [4.78, 5) is 16.8. The molecule has 1 N–H and O–H groups in total. The summed E-state index contributed by atoms with van der Waals surface area (Å²) in [6.45, 7) is 2.29. The topological polar surface area (TPSA) is 46.4 Å². The number of nitrogens with one attached hydrogen (secondary N) is 1. The molecule has 140 valence electrons. The molecule has 0 aliphatic rings. The number of pyridine rings is 1. The van der Waals surface area contributed by atoms with E-state index < -0.39 is 0 Å². The molecule has 2 aromatic heterocycles. The van der Waals surface area contributed by atoms with Crippen LogP contribution in [0.2, 0.25) is 0 Å². The van der Waals surface area contributed by atoms with Crippen molar-refractivity contribution in [2.45, 2.75) is 13.3 Å². The molecule has 2 heterocycles. The molecule has 1 amide bonds. The molecule has 0 saturated carbocycles. The Morgan fingerprint density at radius 2 is 1.82 bits per heavy atom. The van der Waals surface area contributed by atoms with Gasteiger partial charge in [-0.15, -0.1) is 0 Å². The maximum absolute atomic E-state index is 13.5. The van der Waals surface area contributed by atoms with Gasteiger partial charge in [0.15, 0.2) is 0 Å². The lowest BCUT2D eigenvalue weighted by molar-refractivity contribution is 0.0950. The molecule has 2 aromatic carbocycles. The van der Waals surface area contributed by atoms with Crippen LogP contribution in [0.1, 0.15) is 21.6 Å². The van der Waals surface area contributed by atoms with Crippen LogP contribution in [0.25, 0.3) is 16.8 Å². The zero-order valence-electron chi connectivity index (χ0n) is 15.5. The van der Waals surface area contributed by atoms with Gasteiger partial charge in [-0.3, -0.25) is 4.79 Å². The average Bonchev–Trinajstić information content (AvgIpc) is 3.14. The first-order chi connectivity index (χ1) is 13.6. The summed E-state index contributed by atoms with van der Waals surface area (Å²) in [5.74, 6) is -0.416. The second-order valence-electron chi connectivity index (χ2n) is 6.76. The molecule has 28 heavy (non-hydrogen) atoms. The van der Waals surface area contributed by atoms with E-state index in [2.05, 4.69) is 10.3 Å². The van der Waals surface area contributed by atoms with Crippen molar-refractivity contribution in [3.8, 4) is 11.1 Å². The minimum atomic E-state index is -0.220. The number of rotatable bonds is 5. The predicted octanol–water partition coefficient (Wildman–Crippen LogP) is 4.42. The van der Waals surface area contributed by atoms with E-state index in [0.717, 1.165) is 17.5 Å². The summed E-state index contributed by atoms with van der Waals surface area (Å²) in [5, 5.41) is 2.91. The summed E-state index contributed by atoms with van der Waals surface area (Å²) in [6, 6.07) is 18.8. The van der Waals surface area contributed by atoms with Gasteiger partial charge in [0.2, 0.25) is 0 Å². The zero-order valence-corrected chi connectivity index (χ0v) is 15.5. The molecule has 0 aliphatic heterocycles. The Morgan fingerprint density at radius 3 is 2.61 bits per heavy atom. The number of nitrogens with zero attached hydrogens (tertiary/aromatic N) is 2. The van der Waals surface area contributed by atoms with Gasteiger partial charge in [-0.05, 0) is 59.9 Å². The van der Waals surface area contributed by atoms with Crippen molar-refractivity contribution in [1.29, 1.82) is 0 Å². The SMILES string of the molecule is Cc1cc(-c2ccc3nc(C(=O)NCCc4ccccc4)cn3c2)ccc1F. The fourth-order valence-corrected chi connectivity index (χ4v) is 3.15. The largest absolute Gasteiger partial charge is 0.350 e. The average molecular weight is 373 g/mol. The van der Waals surface area contributed by atoms with E-state index >= 15 is 0 Å². The number of imidazole rings is 1. The third-order valence-corrected chi connectivity index (χ3v) is 4.72. The van der Waals surface area contributed by atoms with Gasteiger partial charge >= 0.3 is 0 Å². The number of carbonyl (C=O) groups excluding carboxylic acids is 1. The van der Waals surface area contributed by atoms with Gasteiger partial charge in [-0.25, -0.2) is 9.37 Å². The molecule has 0 unspecified atom stereocenters. The maximum Gasteiger partial charge on any atom is 0.271 e. The number of halogens is 1. The van der Waals surface area contributed by atoms with Crippen LogP contribution < -0.4 is 5.32 Å². The fraction of sp³-hybridized carbons (Fsp3) is 0.130. The summed E-state index contributed by atoms with van der Waals surface area (Å²) < 4.78 is 15.3. The summed E-state index contributed by atoms with van der Waals surface area (Å²) in [7, 11) is 0. The Morgan fingerprint density at radius 1 is 1.04 bits per heavy atom. The molecule has 5 heteroatoms. The number of benzene rings is 2. The Kier molecular flexibility index (Phi) is 4.89. The number of amides is 1. The lowest BCUT2D eigenvalue weighted by Gasteiger charge is -2.04. The Hall–Kier alpha value is -3.47. The Labute approximate surface area is 162 Å². The molecule has 4 nitrogen and oxygen atoms in total. The van der Waals surface area contributed by atoms with Gasteiger partial charge in [0, 0.05) is 18.9 Å². The van der Waals surface area contributed by atoms with E-state index in [9.17, 15) is 9.18 Å². The van der Waals surface area contributed by atoms with E-state index in [4.69, 9.17) is 0 Å². The van der Waals surface area contributed by atoms with Crippen LogP contribution in [-0.2, 0) is 6.42 Å². The Balaban J connectivity index is 1.49. The van der Waals surface area contributed by atoms with Crippen molar-refractivity contribution < 1.29 is 9.18 Å². The van der Waals surface area contributed by atoms with Crippen molar-refractivity contribution in [2.75, 3.05) is 6.54 Å². The third kappa shape index (κ3) is 3.78. The molecule has 0 saturated heterocycles. The molecule has 0 aliphatic carbocycles. The third-order valence-electron chi connectivity index (χ3n) is 4.72. The summed E-state index contributed by atoms with van der Waals surface area (Å²) in [6.07, 6.45) is 4.39. The monoisotopic (exact) mass is 373 g/mol. The highest BCUT2D eigenvalue weighted by Gasteiger charge is 2.11. The van der Waals surface area contributed by atoms with Crippen molar-refractivity contribution >= 4 is 11.6 Å². The molecule has 0 radical (unpaired) electrons. The highest BCUT2D eigenvalue weighted by atomic mass is 19.1. The molecule has 0 atom stereocenters. The maximum atomic E-state index is 13.5. The van der Waals surface area contributed by atoms with E-state index in [1.165, 1.54) is 11.6 Å². The highest BCUT2D eigenvalue weighted by Crippen LogP contribution is 2.22. The lowest BCUT2D eigenvalue weighted by Crippen LogP contribution is -2.25. The van der Waals surface area contributed by atoms with Crippen molar-refractivity contribution in [3.05, 3.63) is 95.7 Å². The lowest BCUT2D eigenvalue weighted by atomic mass is 10.1. The first-order valence-electron chi connectivity index (χ1n) is 9.17. The van der Waals surface area contributed by atoms with Crippen LogP contribution in [0.4, 0.5) is 4.39 Å². The quantitative estimate of drug-likeness (QED) is 0.563. The number of fused-ring (bicyclic) bond motifs is 1. The molecule has 4 aromatic rings. The minimum absolute atomic E-state index is 0.196. The zero-order chi connectivity index (χ0) is 19.5. The van der Waals surface area contributed by atoms with E-state index in [1.54, 1.807) is 19.2 Å². The minimum Gasteiger partial charge on any atom is -0.350 e. The smallest absolute Gasteiger partial charge is 0.271 e. The van der Waals surface area contributed by atoms with Crippen molar-refractivity contribution in [2.24, 2.45) is 0 Å². The van der Waals surface area contributed by atoms with Gasteiger partial charge in [0.1, 0.15) is 17.2 Å². The van der Waals surface area contributed by atoms with E-state index in [-0.39, 0.29) is 11.7 Å². The van der Waals surface area contributed by atoms with Crippen LogP contribution in [-0.4, -0.2) is 21.8 Å². The first kappa shape index (κ1) is 17.9. The van der Waals surface area contributed by atoms with Crippen molar-refractivity contribution in [3.63, 3.8) is 0 Å². The number of aryl methyl sites for hydroxylation is 1. The standard InChI is InChI=1S/C23H20FN3O/c1-16-13-18(7-9-20(16)24)19-8-10-22-26-21(15-27(22)14-19)23(28)25-12-11-17-5-3-2-4-6-17/h2-10,13-15H,11-12H2,1H3,(H,25,28). The summed E-state index contributed by atoms with van der Waals surface area (Å²) in [5.41, 5.74) is 4.70. The van der Waals surface area contributed by atoms with Crippen molar-refractivity contribution in [1.82, 2.24) is 14.7 Å². The van der Waals surface area contributed by atoms with Crippen LogP contribution in [0.3, 0.4) is 0 Å². The molecule has 0 bridgehead atoms. The summed E-state index contributed by atoms with van der Waals surface area (Å²) >= 11 is 0. The number of carbonyl (C=O) groups is 1. The van der Waals surface area contributed by atoms with Crippen LogP contribution in [0.5, 0.6) is 0 Å². The van der Waals surface area contributed by atoms with Gasteiger partial charge < -0.3 is 9.72 Å². The first-order valence-corrected chi connectivity index (χ1v) is 9.17. The predicted molar refractivity (Wildman–Crippen MR) is 108 cm³/mol. The molecule has 0 spiro atoms. The van der Waals surface area contributed by atoms with Gasteiger partial charge in [-0.2, -0.15) is 0 Å². The second-order valence-corrected chi connectivity index (χ2v) is 6.76. The van der Waals surface area contributed by atoms with Gasteiger partial charge in [0.05, 0.1) is 0 Å². The number of hydrogen-bond acceptors (Lipinski definition) is 2. The van der Waals surface area contributed by atoms with E-state index in [1.807, 2.05) is 59.1 Å².